The van der Waals surface area contributed by atoms with E-state index in [1.807, 2.05) is 12.1 Å². The SMILES string of the molecule is CCCNCCOc1ccc(Br)cc1C(C)C. The molecule has 3 heteroatoms. The van der Waals surface area contributed by atoms with E-state index in [4.69, 9.17) is 4.74 Å². The second-order valence-corrected chi connectivity index (χ2v) is 5.35. The van der Waals surface area contributed by atoms with Gasteiger partial charge in [0.1, 0.15) is 12.4 Å². The van der Waals surface area contributed by atoms with E-state index in [0.29, 0.717) is 5.92 Å². The van der Waals surface area contributed by atoms with Gasteiger partial charge < -0.3 is 10.1 Å². The lowest BCUT2D eigenvalue weighted by molar-refractivity contribution is 0.310. The first-order valence-corrected chi connectivity index (χ1v) is 7.07. The van der Waals surface area contributed by atoms with Crippen molar-refractivity contribution in [2.75, 3.05) is 19.7 Å². The van der Waals surface area contributed by atoms with Crippen LogP contribution in [-0.4, -0.2) is 19.7 Å². The van der Waals surface area contributed by atoms with Crippen LogP contribution in [0, 0.1) is 0 Å². The Morgan fingerprint density at radius 2 is 2.06 bits per heavy atom. The van der Waals surface area contributed by atoms with Gasteiger partial charge in [-0.25, -0.2) is 0 Å². The Morgan fingerprint density at radius 3 is 2.71 bits per heavy atom. The van der Waals surface area contributed by atoms with Crippen molar-refractivity contribution >= 4 is 15.9 Å². The van der Waals surface area contributed by atoms with Crippen LogP contribution < -0.4 is 10.1 Å². The molecule has 0 saturated carbocycles. The molecule has 0 fully saturated rings. The average Bonchev–Trinajstić information content (AvgIpc) is 2.30. The largest absolute Gasteiger partial charge is 0.492 e. The molecular formula is C14H22BrNO. The molecule has 0 aromatic heterocycles. The van der Waals surface area contributed by atoms with Gasteiger partial charge >= 0.3 is 0 Å². The fraction of sp³-hybridized carbons (Fsp3) is 0.571. The lowest BCUT2D eigenvalue weighted by Crippen LogP contribution is -2.21. The van der Waals surface area contributed by atoms with Crippen molar-refractivity contribution in [2.45, 2.75) is 33.1 Å². The minimum absolute atomic E-state index is 0.478. The number of nitrogens with one attached hydrogen (secondary N) is 1. The summed E-state index contributed by atoms with van der Waals surface area (Å²) in [4.78, 5) is 0. The van der Waals surface area contributed by atoms with Gasteiger partial charge in [0.05, 0.1) is 0 Å². The molecule has 0 heterocycles. The highest BCUT2D eigenvalue weighted by atomic mass is 79.9. The van der Waals surface area contributed by atoms with E-state index < -0.39 is 0 Å². The molecule has 0 saturated heterocycles. The summed E-state index contributed by atoms with van der Waals surface area (Å²) in [6, 6.07) is 6.21. The first-order valence-electron chi connectivity index (χ1n) is 6.28. The smallest absolute Gasteiger partial charge is 0.122 e. The van der Waals surface area contributed by atoms with Crippen LogP contribution in [0.2, 0.25) is 0 Å². The number of halogens is 1. The highest BCUT2D eigenvalue weighted by Crippen LogP contribution is 2.29. The highest BCUT2D eigenvalue weighted by Gasteiger charge is 2.08. The zero-order valence-corrected chi connectivity index (χ0v) is 12.5. The molecule has 0 bridgehead atoms. The zero-order valence-electron chi connectivity index (χ0n) is 10.9. The van der Waals surface area contributed by atoms with Crippen LogP contribution in [0.3, 0.4) is 0 Å². The van der Waals surface area contributed by atoms with E-state index in [2.05, 4.69) is 48.1 Å². The van der Waals surface area contributed by atoms with Crippen molar-refractivity contribution in [2.24, 2.45) is 0 Å². The van der Waals surface area contributed by atoms with Gasteiger partial charge in [-0.3, -0.25) is 0 Å². The summed E-state index contributed by atoms with van der Waals surface area (Å²) < 4.78 is 6.93. The van der Waals surface area contributed by atoms with Crippen molar-refractivity contribution in [3.8, 4) is 5.75 Å². The van der Waals surface area contributed by atoms with E-state index in [-0.39, 0.29) is 0 Å². The number of hydrogen-bond donors (Lipinski definition) is 1. The molecule has 0 radical (unpaired) electrons. The summed E-state index contributed by atoms with van der Waals surface area (Å²) >= 11 is 3.50. The van der Waals surface area contributed by atoms with Gasteiger partial charge in [-0.15, -0.1) is 0 Å². The zero-order chi connectivity index (χ0) is 12.7. The molecule has 0 aliphatic carbocycles. The van der Waals surface area contributed by atoms with E-state index in [1.54, 1.807) is 0 Å². The van der Waals surface area contributed by atoms with Crippen molar-refractivity contribution in [3.05, 3.63) is 28.2 Å². The summed E-state index contributed by atoms with van der Waals surface area (Å²) in [7, 11) is 0. The molecule has 2 nitrogen and oxygen atoms in total. The van der Waals surface area contributed by atoms with Crippen LogP contribution in [0.1, 0.15) is 38.7 Å². The first-order chi connectivity index (χ1) is 8.15. The van der Waals surface area contributed by atoms with Crippen molar-refractivity contribution < 1.29 is 4.74 Å². The fourth-order valence-electron chi connectivity index (χ4n) is 1.64. The van der Waals surface area contributed by atoms with Crippen LogP contribution in [0.15, 0.2) is 22.7 Å². The maximum absolute atomic E-state index is 5.82. The third-order valence-electron chi connectivity index (χ3n) is 2.56. The molecule has 0 amide bonds. The molecule has 1 aromatic rings. The second kappa shape index (κ2) is 7.72. The van der Waals surface area contributed by atoms with Crippen LogP contribution in [0.5, 0.6) is 5.75 Å². The molecule has 1 rings (SSSR count). The lowest BCUT2D eigenvalue weighted by Gasteiger charge is -2.14. The molecule has 0 atom stereocenters. The van der Waals surface area contributed by atoms with Crippen LogP contribution in [-0.2, 0) is 0 Å². The van der Waals surface area contributed by atoms with Crippen molar-refractivity contribution in [3.63, 3.8) is 0 Å². The summed E-state index contributed by atoms with van der Waals surface area (Å²) in [5.41, 5.74) is 1.26. The van der Waals surface area contributed by atoms with Crippen LogP contribution in [0.25, 0.3) is 0 Å². The van der Waals surface area contributed by atoms with Gasteiger partial charge in [0.25, 0.3) is 0 Å². The summed E-state index contributed by atoms with van der Waals surface area (Å²) in [5.74, 6) is 1.48. The lowest BCUT2D eigenvalue weighted by atomic mass is 10.0. The van der Waals surface area contributed by atoms with Crippen LogP contribution in [0.4, 0.5) is 0 Å². The molecule has 1 N–H and O–H groups in total. The molecule has 96 valence electrons. The predicted molar refractivity (Wildman–Crippen MR) is 76.9 cm³/mol. The maximum Gasteiger partial charge on any atom is 0.122 e. The monoisotopic (exact) mass is 299 g/mol. The molecule has 17 heavy (non-hydrogen) atoms. The van der Waals surface area contributed by atoms with Gasteiger partial charge in [-0.2, -0.15) is 0 Å². The minimum atomic E-state index is 0.478. The number of rotatable bonds is 7. The Balaban J connectivity index is 2.52. The van der Waals surface area contributed by atoms with Crippen LogP contribution >= 0.6 is 15.9 Å². The van der Waals surface area contributed by atoms with Gasteiger partial charge in [0, 0.05) is 11.0 Å². The standard InChI is InChI=1S/C14H22BrNO/c1-4-7-16-8-9-17-14-6-5-12(15)10-13(14)11(2)3/h5-6,10-11,16H,4,7-9H2,1-3H3. The van der Waals surface area contributed by atoms with E-state index in [0.717, 1.165) is 36.3 Å². The minimum Gasteiger partial charge on any atom is -0.492 e. The Hall–Kier alpha value is -0.540. The van der Waals surface area contributed by atoms with Crippen molar-refractivity contribution in [1.29, 1.82) is 0 Å². The predicted octanol–water partition coefficient (Wildman–Crippen LogP) is 3.95. The number of hydrogen-bond acceptors (Lipinski definition) is 2. The summed E-state index contributed by atoms with van der Waals surface area (Å²) in [5, 5.41) is 3.33. The molecule has 0 spiro atoms. The molecule has 0 aliphatic rings. The second-order valence-electron chi connectivity index (χ2n) is 4.44. The Labute approximate surface area is 113 Å². The Morgan fingerprint density at radius 1 is 1.29 bits per heavy atom. The fourth-order valence-corrected chi connectivity index (χ4v) is 2.02. The first kappa shape index (κ1) is 14.5. The normalized spacial score (nSPS) is 10.9. The van der Waals surface area contributed by atoms with Gasteiger partial charge in [0.2, 0.25) is 0 Å². The number of benzene rings is 1. The Bertz CT molecular complexity index is 339. The summed E-state index contributed by atoms with van der Waals surface area (Å²) in [6.45, 7) is 9.22. The average molecular weight is 300 g/mol. The van der Waals surface area contributed by atoms with E-state index in [1.165, 1.54) is 5.56 Å². The van der Waals surface area contributed by atoms with Gasteiger partial charge in [-0.1, -0.05) is 36.7 Å². The summed E-state index contributed by atoms with van der Waals surface area (Å²) in [6.07, 6.45) is 1.16. The molecule has 0 aliphatic heterocycles. The highest BCUT2D eigenvalue weighted by molar-refractivity contribution is 9.10. The van der Waals surface area contributed by atoms with Gasteiger partial charge in [0.15, 0.2) is 0 Å². The third kappa shape index (κ3) is 5.09. The van der Waals surface area contributed by atoms with E-state index >= 15 is 0 Å². The Kier molecular flexibility index (Phi) is 6.60. The quantitative estimate of drug-likeness (QED) is 0.770. The molecular weight excluding hydrogens is 278 g/mol. The molecule has 0 unspecified atom stereocenters. The van der Waals surface area contributed by atoms with Crippen molar-refractivity contribution in [1.82, 2.24) is 5.32 Å². The molecule has 1 aromatic carbocycles. The topological polar surface area (TPSA) is 21.3 Å². The number of ether oxygens (including phenoxy) is 1. The van der Waals surface area contributed by atoms with E-state index in [9.17, 15) is 0 Å². The third-order valence-corrected chi connectivity index (χ3v) is 3.05. The maximum atomic E-state index is 5.82. The van der Waals surface area contributed by atoms with Gasteiger partial charge in [-0.05, 0) is 42.6 Å².